The summed E-state index contributed by atoms with van der Waals surface area (Å²) in [5.41, 5.74) is -0.404. The third-order valence-electron chi connectivity index (χ3n) is 3.31. The second-order valence-electron chi connectivity index (χ2n) is 5.35. The summed E-state index contributed by atoms with van der Waals surface area (Å²) in [7, 11) is 0. The fraction of sp³-hybridized carbons (Fsp3) is 0.500. The van der Waals surface area contributed by atoms with E-state index in [0.29, 0.717) is 5.69 Å². The molecule has 0 aliphatic heterocycles. The third kappa shape index (κ3) is 3.41. The molecule has 0 aromatic carbocycles. The Hall–Kier alpha value is -1.47. The molecule has 114 valence electrons. The number of carbonyl (C=O) groups is 1. The zero-order valence-electron chi connectivity index (χ0n) is 12.5. The molecule has 0 spiro atoms. The molecule has 1 atom stereocenters. The maximum atomic E-state index is 11.2. The molecule has 0 bridgehead atoms. The molecule has 2 rings (SSSR count). The third-order valence-corrected chi connectivity index (χ3v) is 5.41. The predicted octanol–water partition coefficient (Wildman–Crippen LogP) is 3.70. The number of rotatable bonds is 6. The molecule has 2 N–H and O–H groups in total. The van der Waals surface area contributed by atoms with Crippen LogP contribution in [-0.2, 0) is 16.6 Å². The van der Waals surface area contributed by atoms with Crippen molar-refractivity contribution in [1.82, 2.24) is 9.97 Å². The summed E-state index contributed by atoms with van der Waals surface area (Å²) in [4.78, 5) is 21.3. The lowest BCUT2D eigenvalue weighted by molar-refractivity contribution is -0.142. The Morgan fingerprint density at radius 1 is 1.52 bits per heavy atom. The van der Waals surface area contributed by atoms with E-state index in [1.165, 1.54) is 16.2 Å². The highest BCUT2D eigenvalue weighted by atomic mass is 32.1. The zero-order chi connectivity index (χ0) is 15.6. The molecule has 2 heterocycles. The largest absolute Gasteiger partial charge is 0.481 e. The van der Waals surface area contributed by atoms with E-state index < -0.39 is 11.4 Å². The Labute approximate surface area is 132 Å². The van der Waals surface area contributed by atoms with Gasteiger partial charge in [0.05, 0.1) is 11.7 Å². The number of aliphatic carboxylic acids is 1. The average molecular weight is 325 g/mol. The fourth-order valence-electron chi connectivity index (χ4n) is 1.67. The highest BCUT2D eigenvalue weighted by Crippen LogP contribution is 2.30. The Morgan fingerprint density at radius 2 is 2.24 bits per heavy atom. The van der Waals surface area contributed by atoms with E-state index in [-0.39, 0.29) is 6.04 Å². The topological polar surface area (TPSA) is 75.1 Å². The predicted molar refractivity (Wildman–Crippen MR) is 86.3 cm³/mol. The van der Waals surface area contributed by atoms with E-state index >= 15 is 0 Å². The molecule has 0 aliphatic carbocycles. The summed E-state index contributed by atoms with van der Waals surface area (Å²) in [5, 5.41) is 16.1. The lowest BCUT2D eigenvalue weighted by Gasteiger charge is -2.16. The first-order valence-corrected chi connectivity index (χ1v) is 8.44. The van der Waals surface area contributed by atoms with Crippen LogP contribution in [0, 0.1) is 0 Å². The minimum atomic E-state index is -0.976. The Kier molecular flexibility index (Phi) is 4.63. The van der Waals surface area contributed by atoms with E-state index in [0.717, 1.165) is 16.6 Å². The van der Waals surface area contributed by atoms with Crippen LogP contribution in [0.1, 0.15) is 49.3 Å². The summed E-state index contributed by atoms with van der Waals surface area (Å²) in [6.45, 7) is 7.45. The van der Waals surface area contributed by atoms with Crippen molar-refractivity contribution in [2.75, 3.05) is 5.32 Å². The van der Waals surface area contributed by atoms with Crippen molar-refractivity contribution < 1.29 is 9.90 Å². The van der Waals surface area contributed by atoms with Gasteiger partial charge >= 0.3 is 5.97 Å². The lowest BCUT2D eigenvalue weighted by atomic mass is 9.90. The van der Waals surface area contributed by atoms with Crippen molar-refractivity contribution in [2.45, 2.75) is 45.6 Å². The van der Waals surface area contributed by atoms with Gasteiger partial charge in [-0.3, -0.25) is 4.79 Å². The molecule has 21 heavy (non-hydrogen) atoms. The normalized spacial score (nSPS) is 13.1. The minimum absolute atomic E-state index is 0.0576. The number of nitrogens with zero attached hydrogens (tertiary/aromatic N) is 2. The van der Waals surface area contributed by atoms with Gasteiger partial charge in [0.2, 0.25) is 0 Å². The van der Waals surface area contributed by atoms with Crippen LogP contribution in [0.25, 0.3) is 0 Å². The number of aryl methyl sites for hydroxylation is 1. The van der Waals surface area contributed by atoms with E-state index in [1.807, 2.05) is 13.1 Å². The first-order chi connectivity index (χ1) is 9.84. The maximum absolute atomic E-state index is 11.2. The number of aromatic nitrogens is 2. The van der Waals surface area contributed by atoms with E-state index in [2.05, 4.69) is 22.2 Å². The van der Waals surface area contributed by atoms with Crippen LogP contribution >= 0.6 is 22.7 Å². The van der Waals surface area contributed by atoms with Gasteiger partial charge in [-0.05, 0) is 27.2 Å². The summed E-state index contributed by atoms with van der Waals surface area (Å²) in [5.74, 6) is -0.875. The second kappa shape index (κ2) is 6.11. The van der Waals surface area contributed by atoms with Crippen LogP contribution in [0.4, 0.5) is 5.13 Å². The van der Waals surface area contributed by atoms with Gasteiger partial charge in [-0.2, -0.15) is 0 Å². The molecular formula is C14H19N3O2S2. The number of carboxylic acid groups (broad SMARTS) is 1. The highest BCUT2D eigenvalue weighted by molar-refractivity contribution is 7.14. The number of hydrogen-bond donors (Lipinski definition) is 2. The summed E-state index contributed by atoms with van der Waals surface area (Å²) < 4.78 is 0. The van der Waals surface area contributed by atoms with Crippen LogP contribution < -0.4 is 5.32 Å². The smallest absolute Gasteiger partial charge is 0.315 e. The quantitative estimate of drug-likeness (QED) is 0.847. The molecule has 0 saturated carbocycles. The van der Waals surface area contributed by atoms with Crippen molar-refractivity contribution in [2.24, 2.45) is 0 Å². The summed E-state index contributed by atoms with van der Waals surface area (Å²) in [6.07, 6.45) is 2.89. The Morgan fingerprint density at radius 3 is 2.81 bits per heavy atom. The van der Waals surface area contributed by atoms with Gasteiger partial charge in [0.15, 0.2) is 5.13 Å². The molecule has 0 saturated heterocycles. The van der Waals surface area contributed by atoms with E-state index in [1.54, 1.807) is 30.6 Å². The molecule has 0 aliphatic rings. The van der Waals surface area contributed by atoms with Crippen LogP contribution in [-0.4, -0.2) is 21.0 Å². The van der Waals surface area contributed by atoms with Crippen molar-refractivity contribution in [3.05, 3.63) is 27.2 Å². The Balaban J connectivity index is 2.10. The van der Waals surface area contributed by atoms with Gasteiger partial charge in [0.25, 0.3) is 0 Å². The van der Waals surface area contributed by atoms with Gasteiger partial charge in [-0.25, -0.2) is 9.97 Å². The van der Waals surface area contributed by atoms with Gasteiger partial charge in [-0.1, -0.05) is 6.92 Å². The number of nitrogens with one attached hydrogen (secondary N) is 1. The van der Waals surface area contributed by atoms with Crippen molar-refractivity contribution in [3.63, 3.8) is 0 Å². The second-order valence-corrected chi connectivity index (χ2v) is 7.36. The van der Waals surface area contributed by atoms with Crippen LogP contribution in [0.3, 0.4) is 0 Å². The van der Waals surface area contributed by atoms with Gasteiger partial charge < -0.3 is 10.4 Å². The molecule has 0 fully saturated rings. The van der Waals surface area contributed by atoms with Gasteiger partial charge in [0.1, 0.15) is 10.4 Å². The molecule has 2 aromatic heterocycles. The molecule has 1 unspecified atom stereocenters. The number of anilines is 1. The van der Waals surface area contributed by atoms with E-state index in [4.69, 9.17) is 0 Å². The van der Waals surface area contributed by atoms with Crippen molar-refractivity contribution >= 4 is 33.8 Å². The summed E-state index contributed by atoms with van der Waals surface area (Å²) >= 11 is 3.11. The number of carboxylic acids is 1. The maximum Gasteiger partial charge on any atom is 0.315 e. The highest BCUT2D eigenvalue weighted by Gasteiger charge is 2.32. The fourth-order valence-corrected chi connectivity index (χ4v) is 3.50. The SMILES string of the molecule is CCc1cnc(C(C)Nc2nc(C(C)(C)C(=O)O)cs2)s1. The zero-order valence-corrected chi connectivity index (χ0v) is 14.1. The van der Waals surface area contributed by atoms with E-state index in [9.17, 15) is 9.90 Å². The van der Waals surface area contributed by atoms with Crippen LogP contribution in [0.2, 0.25) is 0 Å². The average Bonchev–Trinajstić information content (AvgIpc) is 3.07. The molecule has 0 radical (unpaired) electrons. The van der Waals surface area contributed by atoms with Gasteiger partial charge in [-0.15, -0.1) is 22.7 Å². The monoisotopic (exact) mass is 325 g/mol. The van der Waals surface area contributed by atoms with Crippen molar-refractivity contribution in [3.8, 4) is 0 Å². The Bertz CT molecular complexity index is 634. The standard InChI is InChI=1S/C14H19N3O2S2/c1-5-9-6-15-11(21-9)8(2)16-13-17-10(7-20-13)14(3,4)12(18)19/h6-8H,5H2,1-4H3,(H,16,17)(H,18,19). The van der Waals surface area contributed by atoms with Crippen molar-refractivity contribution in [1.29, 1.82) is 0 Å². The minimum Gasteiger partial charge on any atom is -0.481 e. The number of thiazole rings is 2. The molecular weight excluding hydrogens is 306 g/mol. The molecule has 5 nitrogen and oxygen atoms in total. The van der Waals surface area contributed by atoms with Crippen LogP contribution in [0.5, 0.6) is 0 Å². The number of hydrogen-bond acceptors (Lipinski definition) is 6. The summed E-state index contributed by atoms with van der Waals surface area (Å²) in [6, 6.07) is 0.0576. The lowest BCUT2D eigenvalue weighted by Crippen LogP contribution is -2.28. The first kappa shape index (κ1) is 15.9. The van der Waals surface area contributed by atoms with Crippen LogP contribution in [0.15, 0.2) is 11.6 Å². The first-order valence-electron chi connectivity index (χ1n) is 6.75. The molecule has 0 amide bonds. The molecule has 7 heteroatoms. The molecule has 2 aromatic rings. The van der Waals surface area contributed by atoms with Gasteiger partial charge in [0, 0.05) is 16.5 Å².